The number of rotatable bonds is 4. The second kappa shape index (κ2) is 6.04. The van der Waals surface area contributed by atoms with Crippen LogP contribution >= 0.6 is 0 Å². The van der Waals surface area contributed by atoms with Crippen molar-refractivity contribution in [3.63, 3.8) is 0 Å². The highest BCUT2D eigenvalue weighted by molar-refractivity contribution is 5.17. The van der Waals surface area contributed by atoms with Crippen LogP contribution in [0.15, 0.2) is 24.3 Å². The summed E-state index contributed by atoms with van der Waals surface area (Å²) in [6.45, 7) is 14.3. The minimum absolute atomic E-state index is 0.131. The lowest BCUT2D eigenvalue weighted by atomic mass is 9.77. The second-order valence-electron chi connectivity index (χ2n) is 7.52. The topological polar surface area (TPSA) is 12.0 Å². The summed E-state index contributed by atoms with van der Waals surface area (Å²) >= 11 is 0. The number of benzene rings is 1. The van der Waals surface area contributed by atoms with E-state index in [0.717, 1.165) is 13.0 Å². The predicted octanol–water partition coefficient (Wildman–Crippen LogP) is 4.42. The Morgan fingerprint density at radius 3 is 1.95 bits per heavy atom. The molecule has 0 saturated carbocycles. The molecular formula is C17H28FN. The van der Waals surface area contributed by atoms with E-state index >= 15 is 0 Å². The van der Waals surface area contributed by atoms with Crippen molar-refractivity contribution in [2.75, 3.05) is 6.54 Å². The van der Waals surface area contributed by atoms with E-state index in [1.807, 2.05) is 12.1 Å². The molecule has 1 aromatic carbocycles. The van der Waals surface area contributed by atoms with Gasteiger partial charge >= 0.3 is 0 Å². The first-order chi connectivity index (χ1) is 8.58. The maximum Gasteiger partial charge on any atom is 0.123 e. The number of halogens is 1. The molecule has 1 atom stereocenters. The minimum atomic E-state index is -0.163. The molecule has 0 saturated heterocycles. The molecule has 0 heterocycles. The Morgan fingerprint density at radius 1 is 1.00 bits per heavy atom. The van der Waals surface area contributed by atoms with Crippen LogP contribution in [0.3, 0.4) is 0 Å². The zero-order valence-electron chi connectivity index (χ0n) is 13.2. The van der Waals surface area contributed by atoms with Gasteiger partial charge in [-0.25, -0.2) is 4.39 Å². The van der Waals surface area contributed by atoms with E-state index in [1.165, 1.54) is 5.56 Å². The molecule has 1 N–H and O–H groups in total. The van der Waals surface area contributed by atoms with Gasteiger partial charge in [-0.2, -0.15) is 0 Å². The van der Waals surface area contributed by atoms with Gasteiger partial charge in [0.25, 0.3) is 0 Å². The van der Waals surface area contributed by atoms with Crippen molar-refractivity contribution < 1.29 is 4.39 Å². The van der Waals surface area contributed by atoms with E-state index in [-0.39, 0.29) is 16.8 Å². The fourth-order valence-corrected chi connectivity index (χ4v) is 2.02. The average Bonchev–Trinajstić information content (AvgIpc) is 2.23. The third kappa shape index (κ3) is 6.20. The van der Waals surface area contributed by atoms with Crippen molar-refractivity contribution >= 4 is 0 Å². The Kier molecular flexibility index (Phi) is 5.14. The van der Waals surface area contributed by atoms with Gasteiger partial charge in [-0.3, -0.25) is 0 Å². The van der Waals surface area contributed by atoms with Gasteiger partial charge in [-0.1, -0.05) is 32.9 Å². The Bertz CT molecular complexity index is 381. The summed E-state index contributed by atoms with van der Waals surface area (Å²) in [6, 6.07) is 6.88. The summed E-state index contributed by atoms with van der Waals surface area (Å²) in [5, 5.41) is 3.59. The molecule has 108 valence electrons. The third-order valence-corrected chi connectivity index (χ3v) is 3.50. The Labute approximate surface area is 117 Å². The number of hydrogen-bond donors (Lipinski definition) is 1. The summed E-state index contributed by atoms with van der Waals surface area (Å²) in [4.78, 5) is 0. The molecule has 1 unspecified atom stereocenters. The molecular weight excluding hydrogens is 237 g/mol. The Morgan fingerprint density at radius 2 is 1.53 bits per heavy atom. The monoisotopic (exact) mass is 265 g/mol. The molecule has 0 fully saturated rings. The lowest BCUT2D eigenvalue weighted by molar-refractivity contribution is 0.214. The number of nitrogens with one attached hydrogen (secondary N) is 1. The maximum atomic E-state index is 13.0. The van der Waals surface area contributed by atoms with E-state index in [2.05, 4.69) is 46.9 Å². The molecule has 1 nitrogen and oxygen atoms in total. The summed E-state index contributed by atoms with van der Waals surface area (Å²) in [5.74, 6) is 0.362. The van der Waals surface area contributed by atoms with Gasteiger partial charge in [0.1, 0.15) is 5.82 Å². The lowest BCUT2D eigenvalue weighted by Crippen LogP contribution is -2.42. The predicted molar refractivity (Wildman–Crippen MR) is 80.8 cm³/mol. The van der Waals surface area contributed by atoms with Crippen molar-refractivity contribution in [3.05, 3.63) is 35.6 Å². The second-order valence-corrected chi connectivity index (χ2v) is 7.52. The zero-order valence-corrected chi connectivity index (χ0v) is 13.2. The Balaban J connectivity index is 2.73. The highest BCUT2D eigenvalue weighted by Gasteiger charge is 2.26. The van der Waals surface area contributed by atoms with Crippen molar-refractivity contribution in [1.82, 2.24) is 5.32 Å². The maximum absolute atomic E-state index is 13.0. The van der Waals surface area contributed by atoms with Crippen molar-refractivity contribution in [3.8, 4) is 0 Å². The fraction of sp³-hybridized carbons (Fsp3) is 0.647. The fourth-order valence-electron chi connectivity index (χ4n) is 2.02. The van der Waals surface area contributed by atoms with Crippen LogP contribution in [0, 0.1) is 17.2 Å². The van der Waals surface area contributed by atoms with Crippen LogP contribution in [0.2, 0.25) is 0 Å². The highest BCUT2D eigenvalue weighted by atomic mass is 19.1. The van der Waals surface area contributed by atoms with Crippen LogP contribution in [-0.2, 0) is 6.42 Å². The molecule has 19 heavy (non-hydrogen) atoms. The van der Waals surface area contributed by atoms with Gasteiger partial charge in [0.15, 0.2) is 0 Å². The van der Waals surface area contributed by atoms with Gasteiger partial charge in [-0.15, -0.1) is 0 Å². The van der Waals surface area contributed by atoms with Gasteiger partial charge in [0, 0.05) is 5.54 Å². The van der Waals surface area contributed by atoms with E-state index in [9.17, 15) is 4.39 Å². The van der Waals surface area contributed by atoms with Crippen LogP contribution in [0.5, 0.6) is 0 Å². The molecule has 0 aliphatic carbocycles. The first-order valence-corrected chi connectivity index (χ1v) is 7.07. The summed E-state index contributed by atoms with van der Waals surface area (Å²) in [6.07, 6.45) is 0.979. The van der Waals surface area contributed by atoms with Gasteiger partial charge in [-0.05, 0) is 62.8 Å². The zero-order chi connectivity index (χ0) is 14.7. The van der Waals surface area contributed by atoms with Crippen LogP contribution in [0.4, 0.5) is 4.39 Å². The lowest BCUT2D eigenvalue weighted by Gasteiger charge is -2.34. The summed E-state index contributed by atoms with van der Waals surface area (Å²) in [7, 11) is 0. The highest BCUT2D eigenvalue weighted by Crippen LogP contribution is 2.29. The third-order valence-electron chi connectivity index (χ3n) is 3.50. The molecule has 0 bridgehead atoms. The molecule has 1 rings (SSSR count). The van der Waals surface area contributed by atoms with Crippen molar-refractivity contribution in [2.45, 2.75) is 53.5 Å². The SMILES string of the molecule is CC(C)(C)NCC(Cc1ccc(F)cc1)C(C)(C)C. The average molecular weight is 265 g/mol. The molecule has 0 radical (unpaired) electrons. The largest absolute Gasteiger partial charge is 0.312 e. The Hall–Kier alpha value is -0.890. The minimum Gasteiger partial charge on any atom is -0.312 e. The summed E-state index contributed by atoms with van der Waals surface area (Å²) in [5.41, 5.74) is 1.57. The van der Waals surface area contributed by atoms with Crippen LogP contribution in [0.25, 0.3) is 0 Å². The van der Waals surface area contributed by atoms with Crippen molar-refractivity contribution in [1.29, 1.82) is 0 Å². The number of hydrogen-bond acceptors (Lipinski definition) is 1. The molecule has 0 aliphatic heterocycles. The van der Waals surface area contributed by atoms with E-state index in [1.54, 1.807) is 12.1 Å². The van der Waals surface area contributed by atoms with Gasteiger partial charge < -0.3 is 5.32 Å². The molecule has 0 aliphatic rings. The van der Waals surface area contributed by atoms with Crippen molar-refractivity contribution in [2.24, 2.45) is 11.3 Å². The quantitative estimate of drug-likeness (QED) is 0.850. The van der Waals surface area contributed by atoms with E-state index in [4.69, 9.17) is 0 Å². The smallest absolute Gasteiger partial charge is 0.123 e. The van der Waals surface area contributed by atoms with E-state index in [0.29, 0.717) is 5.92 Å². The van der Waals surface area contributed by atoms with Crippen LogP contribution in [0.1, 0.15) is 47.1 Å². The van der Waals surface area contributed by atoms with Crippen LogP contribution < -0.4 is 5.32 Å². The van der Waals surface area contributed by atoms with E-state index < -0.39 is 0 Å². The molecule has 0 spiro atoms. The standard InChI is InChI=1S/C17H28FN/c1-16(2,3)14(12-19-17(4,5)6)11-13-7-9-15(18)10-8-13/h7-10,14,19H,11-12H2,1-6H3. The summed E-state index contributed by atoms with van der Waals surface area (Å²) < 4.78 is 13.0. The first-order valence-electron chi connectivity index (χ1n) is 7.07. The van der Waals surface area contributed by atoms with Crippen LogP contribution in [-0.4, -0.2) is 12.1 Å². The molecule has 0 aromatic heterocycles. The first kappa shape index (κ1) is 16.2. The molecule has 2 heteroatoms. The molecule has 0 amide bonds. The van der Waals surface area contributed by atoms with Gasteiger partial charge in [0.05, 0.1) is 0 Å². The van der Waals surface area contributed by atoms with Gasteiger partial charge in [0.2, 0.25) is 0 Å². The molecule has 1 aromatic rings. The normalized spacial score (nSPS) is 14.5.